The van der Waals surface area contributed by atoms with Crippen molar-refractivity contribution in [3.8, 4) is 0 Å². The molecular weight excluding hydrogens is 284 g/mol. The van der Waals surface area contributed by atoms with Crippen molar-refractivity contribution in [2.75, 3.05) is 26.7 Å². The zero-order valence-corrected chi connectivity index (χ0v) is 12.9. The summed E-state index contributed by atoms with van der Waals surface area (Å²) in [7, 11) is 1.56. The fourth-order valence-corrected chi connectivity index (χ4v) is 3.11. The minimum absolute atomic E-state index is 0.00227. The van der Waals surface area contributed by atoms with Crippen LogP contribution in [0.5, 0.6) is 0 Å². The van der Waals surface area contributed by atoms with Gasteiger partial charge in [-0.15, -0.1) is 0 Å². The lowest BCUT2D eigenvalue weighted by Gasteiger charge is -2.31. The molecule has 1 atom stereocenters. The van der Waals surface area contributed by atoms with Crippen LogP contribution in [0, 0.1) is 0 Å². The molecule has 120 valence electrons. The number of rotatable bonds is 3. The van der Waals surface area contributed by atoms with E-state index >= 15 is 0 Å². The normalized spacial score (nSPS) is 22.4. The maximum absolute atomic E-state index is 12.5. The molecule has 3 rings (SSSR count). The highest BCUT2D eigenvalue weighted by molar-refractivity contribution is 5.87. The topological polar surface area (TPSA) is 67.7 Å². The second kappa shape index (κ2) is 6.48. The van der Waals surface area contributed by atoms with Crippen LogP contribution in [0.15, 0.2) is 12.5 Å². The van der Waals surface area contributed by atoms with Gasteiger partial charge in [0.2, 0.25) is 5.91 Å². The smallest absolute Gasteiger partial charge is 0.252 e. The summed E-state index contributed by atoms with van der Waals surface area (Å²) in [5.41, 5.74) is 1.04. The average molecular weight is 306 g/mol. The van der Waals surface area contributed by atoms with Crippen LogP contribution in [0.1, 0.15) is 25.0 Å². The van der Waals surface area contributed by atoms with Gasteiger partial charge in [-0.05, 0) is 19.3 Å². The summed E-state index contributed by atoms with van der Waals surface area (Å²) in [6.07, 6.45) is 5.79. The Morgan fingerprint density at radius 2 is 2.23 bits per heavy atom. The van der Waals surface area contributed by atoms with Crippen molar-refractivity contribution >= 4 is 11.8 Å². The van der Waals surface area contributed by atoms with E-state index in [1.807, 2.05) is 0 Å². The first-order chi connectivity index (χ1) is 10.7. The Morgan fingerprint density at radius 1 is 1.36 bits per heavy atom. The fourth-order valence-electron chi connectivity index (χ4n) is 3.11. The molecule has 1 aromatic rings. The van der Waals surface area contributed by atoms with Crippen molar-refractivity contribution in [2.24, 2.45) is 0 Å². The highest BCUT2D eigenvalue weighted by atomic mass is 16.5. The van der Waals surface area contributed by atoms with Crippen LogP contribution in [-0.2, 0) is 27.4 Å². The number of hydrogen-bond acceptors (Lipinski definition) is 4. The number of likely N-dealkylation sites (tertiary alicyclic amines) is 1. The van der Waals surface area contributed by atoms with Gasteiger partial charge >= 0.3 is 0 Å². The van der Waals surface area contributed by atoms with Gasteiger partial charge in [-0.1, -0.05) is 0 Å². The quantitative estimate of drug-likeness (QED) is 0.803. The highest BCUT2D eigenvalue weighted by Crippen LogP contribution is 2.16. The molecule has 3 heterocycles. The molecule has 7 nitrogen and oxygen atoms in total. The van der Waals surface area contributed by atoms with Gasteiger partial charge < -0.3 is 19.1 Å². The summed E-state index contributed by atoms with van der Waals surface area (Å²) in [6.45, 7) is 2.77. The van der Waals surface area contributed by atoms with Crippen molar-refractivity contribution in [1.82, 2.24) is 19.4 Å². The molecule has 2 amide bonds. The van der Waals surface area contributed by atoms with E-state index in [2.05, 4.69) is 9.55 Å². The summed E-state index contributed by atoms with van der Waals surface area (Å²) < 4.78 is 7.31. The maximum atomic E-state index is 12.5. The molecule has 1 aromatic heterocycles. The molecule has 2 aliphatic heterocycles. The van der Waals surface area contributed by atoms with Crippen LogP contribution in [0.4, 0.5) is 0 Å². The molecule has 0 N–H and O–H groups in total. The van der Waals surface area contributed by atoms with Gasteiger partial charge in [0.25, 0.3) is 5.91 Å². The number of amides is 2. The zero-order valence-electron chi connectivity index (χ0n) is 12.9. The fraction of sp³-hybridized carbons (Fsp3) is 0.667. The van der Waals surface area contributed by atoms with Crippen molar-refractivity contribution < 1.29 is 14.3 Å². The summed E-state index contributed by atoms with van der Waals surface area (Å²) in [4.78, 5) is 32.4. The Balaban J connectivity index is 1.62. The molecule has 22 heavy (non-hydrogen) atoms. The molecule has 7 heteroatoms. The van der Waals surface area contributed by atoms with E-state index in [4.69, 9.17) is 4.74 Å². The standard InChI is InChI=1S/C15H22N4O3/c1-22-13-4-2-3-5-18(15(13)21)10-14(20)17-6-7-19-11-16-8-12(19)9-17/h8,11,13H,2-7,9-10H2,1H3. The van der Waals surface area contributed by atoms with E-state index in [1.54, 1.807) is 29.4 Å². The number of methoxy groups -OCH3 is 1. The molecule has 0 saturated carbocycles. The van der Waals surface area contributed by atoms with Crippen molar-refractivity contribution in [3.63, 3.8) is 0 Å². The Hall–Kier alpha value is -1.89. The molecular formula is C15H22N4O3. The molecule has 2 aliphatic rings. The predicted molar refractivity (Wildman–Crippen MR) is 78.9 cm³/mol. The van der Waals surface area contributed by atoms with Gasteiger partial charge in [-0.25, -0.2) is 4.98 Å². The number of carbonyl (C=O) groups is 2. The number of nitrogens with zero attached hydrogens (tertiary/aromatic N) is 4. The lowest BCUT2D eigenvalue weighted by atomic mass is 10.2. The molecule has 0 aliphatic carbocycles. The van der Waals surface area contributed by atoms with Crippen LogP contribution < -0.4 is 0 Å². The summed E-state index contributed by atoms with van der Waals surface area (Å²) >= 11 is 0. The first-order valence-corrected chi connectivity index (χ1v) is 7.77. The van der Waals surface area contributed by atoms with E-state index in [0.717, 1.165) is 31.5 Å². The van der Waals surface area contributed by atoms with Crippen LogP contribution in [-0.4, -0.2) is 64.0 Å². The summed E-state index contributed by atoms with van der Waals surface area (Å²) in [5.74, 6) is -0.0621. The number of ether oxygens (including phenoxy) is 1. The van der Waals surface area contributed by atoms with Gasteiger partial charge in [-0.2, -0.15) is 0 Å². The second-order valence-electron chi connectivity index (χ2n) is 5.87. The summed E-state index contributed by atoms with van der Waals surface area (Å²) in [6, 6.07) is 0. The predicted octanol–water partition coefficient (Wildman–Crippen LogP) is 0.253. The molecule has 0 aromatic carbocycles. The monoisotopic (exact) mass is 306 g/mol. The van der Waals surface area contributed by atoms with Crippen LogP contribution in [0.25, 0.3) is 0 Å². The largest absolute Gasteiger partial charge is 0.372 e. The minimum Gasteiger partial charge on any atom is -0.372 e. The van der Waals surface area contributed by atoms with Gasteiger partial charge in [0.15, 0.2) is 0 Å². The lowest BCUT2D eigenvalue weighted by Crippen LogP contribution is -2.47. The first-order valence-electron chi connectivity index (χ1n) is 7.77. The molecule has 1 unspecified atom stereocenters. The maximum Gasteiger partial charge on any atom is 0.252 e. The van der Waals surface area contributed by atoms with E-state index in [0.29, 0.717) is 19.6 Å². The van der Waals surface area contributed by atoms with Crippen LogP contribution in [0.3, 0.4) is 0 Å². The van der Waals surface area contributed by atoms with Gasteiger partial charge in [-0.3, -0.25) is 9.59 Å². The van der Waals surface area contributed by atoms with Crippen molar-refractivity contribution in [2.45, 2.75) is 38.5 Å². The number of aromatic nitrogens is 2. The summed E-state index contributed by atoms with van der Waals surface area (Å²) in [5, 5.41) is 0. The molecule has 0 radical (unpaired) electrons. The van der Waals surface area contributed by atoms with E-state index < -0.39 is 6.10 Å². The number of hydrogen-bond donors (Lipinski definition) is 0. The van der Waals surface area contributed by atoms with E-state index in [9.17, 15) is 9.59 Å². The number of fused-ring (bicyclic) bond motifs is 1. The Labute approximate surface area is 129 Å². The van der Waals surface area contributed by atoms with Crippen molar-refractivity contribution in [1.29, 1.82) is 0 Å². The third kappa shape index (κ3) is 2.99. The second-order valence-corrected chi connectivity index (χ2v) is 5.87. The number of carbonyl (C=O) groups excluding carboxylic acids is 2. The van der Waals surface area contributed by atoms with E-state index in [-0.39, 0.29) is 18.4 Å². The van der Waals surface area contributed by atoms with Crippen LogP contribution in [0.2, 0.25) is 0 Å². The molecule has 1 fully saturated rings. The Bertz CT molecular complexity index is 557. The zero-order chi connectivity index (χ0) is 15.5. The molecule has 0 spiro atoms. The van der Waals surface area contributed by atoms with E-state index in [1.165, 1.54) is 0 Å². The molecule has 1 saturated heterocycles. The lowest BCUT2D eigenvalue weighted by molar-refractivity contribution is -0.147. The molecule has 0 bridgehead atoms. The first kappa shape index (κ1) is 15.0. The van der Waals surface area contributed by atoms with Gasteiger partial charge in [0.1, 0.15) is 6.10 Å². The van der Waals surface area contributed by atoms with Gasteiger partial charge in [0.05, 0.1) is 25.1 Å². The minimum atomic E-state index is -0.405. The third-order valence-corrected chi connectivity index (χ3v) is 4.46. The van der Waals surface area contributed by atoms with Crippen molar-refractivity contribution in [3.05, 3.63) is 18.2 Å². The highest BCUT2D eigenvalue weighted by Gasteiger charge is 2.30. The average Bonchev–Trinajstić information content (AvgIpc) is 2.93. The Kier molecular flexibility index (Phi) is 4.42. The van der Waals surface area contributed by atoms with Crippen LogP contribution >= 0.6 is 0 Å². The SMILES string of the molecule is COC1CCCCN(CC(=O)N2CCn3cncc3C2)C1=O. The third-order valence-electron chi connectivity index (χ3n) is 4.46. The van der Waals surface area contributed by atoms with Gasteiger partial charge in [0, 0.05) is 32.9 Å². The Morgan fingerprint density at radius 3 is 3.05 bits per heavy atom. The number of imidazole rings is 1.